The lowest BCUT2D eigenvalue weighted by Crippen LogP contribution is -2.23. The van der Waals surface area contributed by atoms with Gasteiger partial charge in [-0.15, -0.1) is 6.58 Å². The standard InChI is InChI=1S/C19H20O5/c1-3-7-22-12(2)19(21)23-11-15-10-18(20)24-17-9-14-6-4-5-13(14)8-16(15)17/h3,8-10,12H,1,4-7,11H2,2H3. The third-order valence-corrected chi connectivity index (χ3v) is 4.21. The van der Waals surface area contributed by atoms with Gasteiger partial charge in [-0.2, -0.15) is 0 Å². The van der Waals surface area contributed by atoms with Crippen LogP contribution in [0.1, 0.15) is 30.0 Å². The predicted molar refractivity (Wildman–Crippen MR) is 89.9 cm³/mol. The molecule has 0 bridgehead atoms. The topological polar surface area (TPSA) is 65.7 Å². The Balaban J connectivity index is 1.82. The van der Waals surface area contributed by atoms with E-state index in [9.17, 15) is 9.59 Å². The lowest BCUT2D eigenvalue weighted by Gasteiger charge is -2.12. The molecule has 5 nitrogen and oxygen atoms in total. The second-order valence-corrected chi connectivity index (χ2v) is 5.93. The van der Waals surface area contributed by atoms with E-state index in [-0.39, 0.29) is 13.2 Å². The van der Waals surface area contributed by atoms with Crippen LogP contribution < -0.4 is 5.63 Å². The van der Waals surface area contributed by atoms with Crippen LogP contribution in [0.3, 0.4) is 0 Å². The maximum absolute atomic E-state index is 11.9. The molecule has 2 aromatic rings. The van der Waals surface area contributed by atoms with Crippen LogP contribution in [0.15, 0.2) is 40.1 Å². The molecular formula is C19H20O5. The molecule has 0 saturated carbocycles. The van der Waals surface area contributed by atoms with Gasteiger partial charge in [0.1, 0.15) is 12.2 Å². The zero-order chi connectivity index (χ0) is 17.1. The van der Waals surface area contributed by atoms with Crippen LogP contribution in [0, 0.1) is 0 Å². The molecule has 24 heavy (non-hydrogen) atoms. The van der Waals surface area contributed by atoms with Gasteiger partial charge in [0, 0.05) is 17.0 Å². The molecule has 1 aromatic carbocycles. The molecule has 0 saturated heterocycles. The van der Waals surface area contributed by atoms with Crippen molar-refractivity contribution in [2.75, 3.05) is 6.61 Å². The van der Waals surface area contributed by atoms with Crippen molar-refractivity contribution < 1.29 is 18.7 Å². The highest BCUT2D eigenvalue weighted by molar-refractivity contribution is 5.82. The maximum Gasteiger partial charge on any atom is 0.336 e. The van der Waals surface area contributed by atoms with E-state index in [2.05, 4.69) is 6.58 Å². The van der Waals surface area contributed by atoms with Crippen LogP contribution in [0.5, 0.6) is 0 Å². The van der Waals surface area contributed by atoms with Crippen molar-refractivity contribution in [2.45, 2.75) is 38.9 Å². The monoisotopic (exact) mass is 328 g/mol. The van der Waals surface area contributed by atoms with E-state index in [1.165, 1.54) is 17.2 Å². The van der Waals surface area contributed by atoms with Crippen LogP contribution in [0.4, 0.5) is 0 Å². The third kappa shape index (κ3) is 3.41. The van der Waals surface area contributed by atoms with E-state index in [4.69, 9.17) is 13.9 Å². The van der Waals surface area contributed by atoms with Crippen molar-refractivity contribution in [2.24, 2.45) is 0 Å². The number of ether oxygens (including phenoxy) is 2. The number of aryl methyl sites for hydroxylation is 2. The number of rotatable bonds is 6. The Labute approximate surface area is 139 Å². The molecule has 1 aliphatic rings. The van der Waals surface area contributed by atoms with Crippen molar-refractivity contribution in [3.63, 3.8) is 0 Å². The quantitative estimate of drug-likeness (QED) is 0.463. The van der Waals surface area contributed by atoms with Gasteiger partial charge in [-0.05, 0) is 49.4 Å². The average Bonchev–Trinajstić information content (AvgIpc) is 3.02. The Bertz CT molecular complexity index is 834. The maximum atomic E-state index is 11.9. The van der Waals surface area contributed by atoms with Gasteiger partial charge in [-0.25, -0.2) is 9.59 Å². The summed E-state index contributed by atoms with van der Waals surface area (Å²) in [5, 5.41) is 0.822. The van der Waals surface area contributed by atoms with Gasteiger partial charge >= 0.3 is 11.6 Å². The Morgan fingerprint density at radius 3 is 2.83 bits per heavy atom. The molecule has 126 valence electrons. The summed E-state index contributed by atoms with van der Waals surface area (Å²) in [5.74, 6) is -0.473. The number of benzene rings is 1. The number of carbonyl (C=O) groups excluding carboxylic acids is 1. The van der Waals surface area contributed by atoms with Crippen LogP contribution in [-0.4, -0.2) is 18.7 Å². The largest absolute Gasteiger partial charge is 0.459 e. The van der Waals surface area contributed by atoms with Crippen molar-refractivity contribution in [1.29, 1.82) is 0 Å². The summed E-state index contributed by atoms with van der Waals surface area (Å²) in [4.78, 5) is 23.7. The minimum Gasteiger partial charge on any atom is -0.459 e. The molecule has 0 aliphatic heterocycles. The van der Waals surface area contributed by atoms with Gasteiger partial charge in [-0.3, -0.25) is 0 Å². The molecule has 3 rings (SSSR count). The highest BCUT2D eigenvalue weighted by Gasteiger charge is 2.18. The number of carbonyl (C=O) groups is 1. The van der Waals surface area contributed by atoms with Crippen molar-refractivity contribution in [1.82, 2.24) is 0 Å². The van der Waals surface area contributed by atoms with E-state index < -0.39 is 17.7 Å². The number of esters is 1. The lowest BCUT2D eigenvalue weighted by molar-refractivity contribution is -0.156. The first-order valence-corrected chi connectivity index (χ1v) is 8.06. The summed E-state index contributed by atoms with van der Waals surface area (Å²) in [6.07, 6.45) is 4.03. The van der Waals surface area contributed by atoms with Crippen molar-refractivity contribution in [3.05, 3.63) is 58.0 Å². The second kappa shape index (κ2) is 7.01. The average molecular weight is 328 g/mol. The smallest absolute Gasteiger partial charge is 0.336 e. The Hall–Kier alpha value is -2.40. The summed E-state index contributed by atoms with van der Waals surface area (Å²) in [6, 6.07) is 5.36. The summed E-state index contributed by atoms with van der Waals surface area (Å²) in [7, 11) is 0. The first-order valence-electron chi connectivity index (χ1n) is 8.06. The first-order chi connectivity index (χ1) is 11.6. The van der Waals surface area contributed by atoms with E-state index in [1.807, 2.05) is 12.1 Å². The molecule has 0 spiro atoms. The van der Waals surface area contributed by atoms with Crippen LogP contribution in [-0.2, 0) is 33.7 Å². The van der Waals surface area contributed by atoms with Crippen LogP contribution >= 0.6 is 0 Å². The molecule has 0 amide bonds. The van der Waals surface area contributed by atoms with E-state index >= 15 is 0 Å². The number of hydrogen-bond donors (Lipinski definition) is 0. The summed E-state index contributed by atoms with van der Waals surface area (Å²) < 4.78 is 15.8. The molecule has 1 aromatic heterocycles. The van der Waals surface area contributed by atoms with E-state index in [1.54, 1.807) is 13.0 Å². The molecule has 1 heterocycles. The Morgan fingerprint density at radius 2 is 2.08 bits per heavy atom. The minimum atomic E-state index is -0.682. The Kier molecular flexibility index (Phi) is 4.81. The van der Waals surface area contributed by atoms with Gasteiger partial charge in [0.15, 0.2) is 6.10 Å². The molecule has 0 N–H and O–H groups in total. The van der Waals surface area contributed by atoms with E-state index in [0.717, 1.165) is 24.6 Å². The molecule has 1 unspecified atom stereocenters. The van der Waals surface area contributed by atoms with Gasteiger partial charge in [0.05, 0.1) is 6.61 Å². The summed E-state index contributed by atoms with van der Waals surface area (Å²) in [6.45, 7) is 5.45. The first kappa shape index (κ1) is 16.5. The zero-order valence-electron chi connectivity index (χ0n) is 13.7. The molecule has 0 fully saturated rings. The van der Waals surface area contributed by atoms with Crippen molar-refractivity contribution in [3.8, 4) is 0 Å². The van der Waals surface area contributed by atoms with Crippen molar-refractivity contribution >= 4 is 16.9 Å². The number of fused-ring (bicyclic) bond motifs is 2. The lowest BCUT2D eigenvalue weighted by atomic mass is 10.0. The SMILES string of the molecule is C=CCOC(C)C(=O)OCc1cc(=O)oc2cc3c(cc12)CCC3. The molecule has 5 heteroatoms. The minimum absolute atomic E-state index is 0.0154. The van der Waals surface area contributed by atoms with E-state index in [0.29, 0.717) is 11.1 Å². The van der Waals surface area contributed by atoms with Gasteiger partial charge in [-0.1, -0.05) is 6.08 Å². The highest BCUT2D eigenvalue weighted by atomic mass is 16.6. The summed E-state index contributed by atoms with van der Waals surface area (Å²) in [5.41, 5.74) is 3.26. The summed E-state index contributed by atoms with van der Waals surface area (Å²) >= 11 is 0. The molecule has 1 atom stereocenters. The fraction of sp³-hybridized carbons (Fsp3) is 0.368. The van der Waals surface area contributed by atoms with Gasteiger partial charge in [0.25, 0.3) is 0 Å². The molecule has 0 radical (unpaired) electrons. The zero-order valence-corrected chi connectivity index (χ0v) is 13.7. The second-order valence-electron chi connectivity index (χ2n) is 5.93. The van der Waals surface area contributed by atoms with Gasteiger partial charge < -0.3 is 13.9 Å². The van der Waals surface area contributed by atoms with Gasteiger partial charge in [0.2, 0.25) is 0 Å². The third-order valence-electron chi connectivity index (χ3n) is 4.21. The fourth-order valence-electron chi connectivity index (χ4n) is 2.96. The predicted octanol–water partition coefficient (Wildman–Crippen LogP) is 2.92. The van der Waals surface area contributed by atoms with Crippen LogP contribution in [0.2, 0.25) is 0 Å². The Morgan fingerprint density at radius 1 is 1.33 bits per heavy atom. The normalized spacial score (nSPS) is 14.4. The molecular weight excluding hydrogens is 308 g/mol. The highest BCUT2D eigenvalue weighted by Crippen LogP contribution is 2.28. The molecule has 1 aliphatic carbocycles. The number of hydrogen-bond acceptors (Lipinski definition) is 5. The van der Waals surface area contributed by atoms with Crippen LogP contribution in [0.25, 0.3) is 11.0 Å². The fourth-order valence-corrected chi connectivity index (χ4v) is 2.96.